The van der Waals surface area contributed by atoms with Crippen molar-refractivity contribution < 1.29 is 40.3 Å². The molecule has 0 unspecified atom stereocenters. The maximum atomic E-state index is 14.1. The number of aromatic nitrogens is 5. The largest absolute Gasteiger partial charge is 0.435 e. The van der Waals surface area contributed by atoms with Gasteiger partial charge < -0.3 is 14.0 Å². The highest BCUT2D eigenvalue weighted by atomic mass is 19.3. The first-order chi connectivity index (χ1) is 17.8. The number of benzene rings is 2. The Labute approximate surface area is 203 Å². The van der Waals surface area contributed by atoms with E-state index in [2.05, 4.69) is 29.7 Å². The zero-order chi connectivity index (χ0) is 26.1. The van der Waals surface area contributed by atoms with E-state index in [1.807, 2.05) is 0 Å². The van der Waals surface area contributed by atoms with Crippen molar-refractivity contribution in [2.24, 2.45) is 0 Å². The zero-order valence-corrected chi connectivity index (χ0v) is 18.3. The predicted octanol–water partition coefficient (Wildman–Crippen LogP) is 5.63. The average Bonchev–Trinajstić information content (AvgIpc) is 3.47. The molecule has 1 aromatic heterocycles. The van der Waals surface area contributed by atoms with Crippen molar-refractivity contribution in [2.45, 2.75) is 19.8 Å². The first-order valence-electron chi connectivity index (χ1n) is 10.4. The van der Waals surface area contributed by atoms with Crippen LogP contribution in [-0.4, -0.2) is 38.1 Å². The van der Waals surface area contributed by atoms with Crippen molar-refractivity contribution in [1.82, 2.24) is 24.9 Å². The van der Waals surface area contributed by atoms with Gasteiger partial charge in [-0.1, -0.05) is 11.2 Å². The van der Waals surface area contributed by atoms with Gasteiger partial charge in [0.15, 0.2) is 23.2 Å². The van der Waals surface area contributed by atoms with E-state index in [9.17, 15) is 26.3 Å². The minimum absolute atomic E-state index is 0.0145. The van der Waals surface area contributed by atoms with Crippen molar-refractivity contribution in [1.29, 1.82) is 0 Å². The molecular weight excluding hydrogens is 508 g/mol. The van der Waals surface area contributed by atoms with E-state index in [-0.39, 0.29) is 40.7 Å². The predicted molar refractivity (Wildman–Crippen MR) is 114 cm³/mol. The summed E-state index contributed by atoms with van der Waals surface area (Å²) in [5, 5.41) is 8.00. The molecule has 0 atom stereocenters. The molecule has 8 nitrogen and oxygen atoms in total. The second-order valence-corrected chi connectivity index (χ2v) is 7.48. The van der Waals surface area contributed by atoms with E-state index < -0.39 is 30.6 Å². The molecular formula is C23H13F6N5O3. The molecule has 0 bridgehead atoms. The van der Waals surface area contributed by atoms with Crippen LogP contribution < -0.4 is 9.47 Å². The Hall–Kier alpha value is -4.62. The molecule has 2 aliphatic rings. The van der Waals surface area contributed by atoms with Gasteiger partial charge >= 0.3 is 13.2 Å². The van der Waals surface area contributed by atoms with Crippen LogP contribution in [0.2, 0.25) is 0 Å². The Bertz CT molecular complexity index is 1520. The lowest BCUT2D eigenvalue weighted by atomic mass is 10.1. The number of hydrogen-bond donors (Lipinski definition) is 0. The fourth-order valence-corrected chi connectivity index (χ4v) is 3.50. The topological polar surface area (TPSA) is 88.1 Å². The number of fused-ring (bicyclic) bond motifs is 1. The van der Waals surface area contributed by atoms with Gasteiger partial charge in [0.1, 0.15) is 35.1 Å². The lowest BCUT2D eigenvalue weighted by molar-refractivity contribution is -0.0540. The number of alkyl halides is 4. The smallest absolute Gasteiger partial charge is 0.387 e. The summed E-state index contributed by atoms with van der Waals surface area (Å²) in [7, 11) is 0. The van der Waals surface area contributed by atoms with Gasteiger partial charge in [-0.15, -0.1) is 0 Å². The number of rotatable bonds is 8. The maximum absolute atomic E-state index is 14.1. The quantitative estimate of drug-likeness (QED) is 0.245. The number of nitrogens with zero attached hydrogens (tertiary/aromatic N) is 5. The molecule has 37 heavy (non-hydrogen) atoms. The van der Waals surface area contributed by atoms with Crippen LogP contribution in [0.1, 0.15) is 5.76 Å². The minimum Gasteiger partial charge on any atom is -0.435 e. The van der Waals surface area contributed by atoms with Crippen LogP contribution in [0.5, 0.6) is 11.5 Å². The van der Waals surface area contributed by atoms with Gasteiger partial charge in [-0.2, -0.15) is 22.7 Å². The number of halogens is 6. The van der Waals surface area contributed by atoms with Gasteiger partial charge in [-0.3, -0.25) is 4.68 Å². The average molecular weight is 521 g/mol. The molecule has 0 radical (unpaired) electrons. The summed E-state index contributed by atoms with van der Waals surface area (Å²) in [4.78, 5) is 8.40. The molecule has 2 aliphatic heterocycles. The molecule has 2 aromatic carbocycles. The van der Waals surface area contributed by atoms with Crippen LogP contribution in [0, 0.1) is 11.6 Å². The first kappa shape index (κ1) is 24.1. The normalized spacial score (nSPS) is 11.6. The number of hydrogen-bond acceptors (Lipinski definition) is 7. The summed E-state index contributed by atoms with van der Waals surface area (Å²) in [6.07, 6.45) is 2.86. The van der Waals surface area contributed by atoms with Crippen LogP contribution in [0.25, 0.3) is 34.0 Å². The first-order valence-corrected chi connectivity index (χ1v) is 10.4. The third kappa shape index (κ3) is 5.17. The summed E-state index contributed by atoms with van der Waals surface area (Å²) in [5.74, 6) is -2.68. The van der Waals surface area contributed by atoms with Gasteiger partial charge in [-0.25, -0.2) is 18.7 Å². The molecule has 3 heterocycles. The highest BCUT2D eigenvalue weighted by molar-refractivity contribution is 5.68. The summed E-state index contributed by atoms with van der Waals surface area (Å²) in [6, 6.07) is 8.35. The molecule has 0 fully saturated rings. The van der Waals surface area contributed by atoms with Gasteiger partial charge in [0.2, 0.25) is 0 Å². The third-order valence-corrected chi connectivity index (χ3v) is 5.05. The van der Waals surface area contributed by atoms with Crippen LogP contribution >= 0.6 is 0 Å². The van der Waals surface area contributed by atoms with Crippen LogP contribution in [0.3, 0.4) is 0 Å². The van der Waals surface area contributed by atoms with E-state index in [4.69, 9.17) is 4.52 Å². The second kappa shape index (κ2) is 9.79. The van der Waals surface area contributed by atoms with Crippen molar-refractivity contribution >= 4 is 0 Å². The van der Waals surface area contributed by atoms with Gasteiger partial charge in [-0.05, 0) is 24.3 Å². The second-order valence-electron chi connectivity index (χ2n) is 7.48. The Kier molecular flexibility index (Phi) is 6.38. The standard InChI is InChI=1S/C23H13F6N5O3/c24-15-3-1-2-14(20(15)25)21-31-17-8-30-34(10-18(17)32-21)9-12-6-16(33-37-12)13-5-4-11(35-22(26)27)7-19(13)36-23(28)29/h1-8,10,22-23H,9H2. The Balaban J connectivity index is 1.40. The molecule has 3 aromatic rings. The summed E-state index contributed by atoms with van der Waals surface area (Å²) < 4.78 is 93.7. The summed E-state index contributed by atoms with van der Waals surface area (Å²) >= 11 is 0. The zero-order valence-electron chi connectivity index (χ0n) is 18.3. The van der Waals surface area contributed by atoms with Crippen LogP contribution in [0.4, 0.5) is 26.3 Å². The van der Waals surface area contributed by atoms with E-state index in [0.29, 0.717) is 11.4 Å². The molecule has 0 aliphatic carbocycles. The van der Waals surface area contributed by atoms with Crippen molar-refractivity contribution in [3.8, 4) is 45.5 Å². The fourth-order valence-electron chi connectivity index (χ4n) is 3.50. The van der Waals surface area contributed by atoms with E-state index in [1.165, 1.54) is 41.3 Å². The SMILES string of the molecule is Fc1cccc(-c2nc3cnn(Cc4cc(-c5ccc(OC(F)F)cc5OC(F)F)no4)cc-3n2)c1F. The Morgan fingerprint density at radius 1 is 0.865 bits per heavy atom. The molecule has 5 rings (SSSR count). The Morgan fingerprint density at radius 3 is 2.43 bits per heavy atom. The third-order valence-electron chi connectivity index (χ3n) is 5.05. The molecule has 0 N–H and O–H groups in total. The highest BCUT2D eigenvalue weighted by Crippen LogP contribution is 2.35. The molecule has 0 saturated heterocycles. The minimum atomic E-state index is -3.23. The van der Waals surface area contributed by atoms with E-state index >= 15 is 0 Å². The van der Waals surface area contributed by atoms with Gasteiger partial charge in [0, 0.05) is 17.7 Å². The van der Waals surface area contributed by atoms with Crippen molar-refractivity contribution in [3.05, 3.63) is 72.3 Å². The molecule has 0 spiro atoms. The van der Waals surface area contributed by atoms with Crippen LogP contribution in [-0.2, 0) is 6.54 Å². The molecule has 14 heteroatoms. The van der Waals surface area contributed by atoms with Crippen molar-refractivity contribution in [2.75, 3.05) is 0 Å². The summed E-state index contributed by atoms with van der Waals surface area (Å²) in [5.41, 5.74) is 0.722. The van der Waals surface area contributed by atoms with Crippen LogP contribution in [0.15, 0.2) is 59.4 Å². The monoisotopic (exact) mass is 521 g/mol. The Morgan fingerprint density at radius 2 is 1.65 bits per heavy atom. The molecule has 190 valence electrons. The van der Waals surface area contributed by atoms with E-state index in [0.717, 1.165) is 18.2 Å². The summed E-state index contributed by atoms with van der Waals surface area (Å²) in [6.45, 7) is -6.35. The lowest BCUT2D eigenvalue weighted by Crippen LogP contribution is -2.06. The van der Waals surface area contributed by atoms with E-state index in [1.54, 1.807) is 0 Å². The number of ether oxygens (including phenoxy) is 2. The lowest BCUT2D eigenvalue weighted by Gasteiger charge is -2.11. The van der Waals surface area contributed by atoms with Gasteiger partial charge in [0.05, 0.1) is 18.0 Å². The van der Waals surface area contributed by atoms with Crippen molar-refractivity contribution in [3.63, 3.8) is 0 Å². The maximum Gasteiger partial charge on any atom is 0.387 e. The fraction of sp³-hybridized carbons (Fsp3) is 0.130. The number of imidazole rings is 1. The highest BCUT2D eigenvalue weighted by Gasteiger charge is 2.20. The van der Waals surface area contributed by atoms with Gasteiger partial charge in [0.25, 0.3) is 0 Å². The molecule has 0 saturated carbocycles. The molecule has 0 amide bonds.